The van der Waals surface area contributed by atoms with Crippen LogP contribution in [0, 0.1) is 5.92 Å². The average Bonchev–Trinajstić information content (AvgIpc) is 2.70. The molecule has 3 aliphatic rings. The minimum atomic E-state index is -0.606. The van der Waals surface area contributed by atoms with Gasteiger partial charge in [0.2, 0.25) is 5.91 Å². The van der Waals surface area contributed by atoms with E-state index in [4.69, 9.17) is 4.74 Å². The number of fused-ring (bicyclic) bond motifs is 2. The van der Waals surface area contributed by atoms with Crippen molar-refractivity contribution in [3.05, 3.63) is 35.4 Å². The van der Waals surface area contributed by atoms with Crippen molar-refractivity contribution in [3.63, 3.8) is 0 Å². The maximum Gasteiger partial charge on any atom is 0.339 e. The van der Waals surface area contributed by atoms with Crippen LogP contribution in [0.25, 0.3) is 0 Å². The molecule has 4 heteroatoms. The fourth-order valence-corrected chi connectivity index (χ4v) is 3.77. The Balaban J connectivity index is 1.63. The lowest BCUT2D eigenvalue weighted by molar-refractivity contribution is -0.145. The second-order valence-electron chi connectivity index (χ2n) is 6.42. The molecule has 1 aliphatic carbocycles. The minimum Gasteiger partial charge on any atom is -0.449 e. The molecule has 110 valence electrons. The lowest BCUT2D eigenvalue weighted by atomic mass is 9.81. The molecular weight excluding hydrogens is 266 g/mol. The highest BCUT2D eigenvalue weighted by molar-refractivity contribution is 5.95. The number of ether oxygens (including phenoxy) is 1. The predicted octanol–water partition coefficient (Wildman–Crippen LogP) is 2.47. The van der Waals surface area contributed by atoms with Gasteiger partial charge >= 0.3 is 5.97 Å². The van der Waals surface area contributed by atoms with Gasteiger partial charge < -0.3 is 9.64 Å². The number of hydrogen-bond donors (Lipinski definition) is 0. The Morgan fingerprint density at radius 1 is 1.24 bits per heavy atom. The molecule has 4 nitrogen and oxygen atoms in total. The van der Waals surface area contributed by atoms with E-state index in [0.29, 0.717) is 12.1 Å². The molecule has 0 N–H and O–H groups in total. The predicted molar refractivity (Wildman–Crippen MR) is 76.7 cm³/mol. The van der Waals surface area contributed by atoms with E-state index in [1.54, 1.807) is 0 Å². The summed E-state index contributed by atoms with van der Waals surface area (Å²) in [6.45, 7) is 1.31. The third-order valence-corrected chi connectivity index (χ3v) is 5.15. The molecule has 1 saturated heterocycles. The zero-order chi connectivity index (χ0) is 14.4. The molecule has 1 atom stereocenters. The number of esters is 1. The van der Waals surface area contributed by atoms with Crippen molar-refractivity contribution in [2.24, 2.45) is 5.92 Å². The fraction of sp³-hybridized carbons (Fsp3) is 0.529. The fourth-order valence-electron chi connectivity index (χ4n) is 3.77. The number of carbonyl (C=O) groups is 2. The Morgan fingerprint density at radius 2 is 2.05 bits per heavy atom. The Labute approximate surface area is 124 Å². The number of amides is 1. The van der Waals surface area contributed by atoms with Crippen LogP contribution in [0.4, 0.5) is 0 Å². The van der Waals surface area contributed by atoms with Crippen LogP contribution in [0.1, 0.15) is 48.0 Å². The first-order valence-electron chi connectivity index (χ1n) is 7.81. The maximum atomic E-state index is 12.5. The minimum absolute atomic E-state index is 0.201. The summed E-state index contributed by atoms with van der Waals surface area (Å²) in [4.78, 5) is 26.5. The average molecular weight is 285 g/mol. The molecule has 2 heterocycles. The molecule has 0 aromatic heterocycles. The SMILES string of the molecule is O=C1O[C@]2(CCCN(C(=O)C3CCC3)C2)c2ccccc21. The van der Waals surface area contributed by atoms with Gasteiger partial charge in [0.25, 0.3) is 0 Å². The van der Waals surface area contributed by atoms with Crippen LogP contribution in [-0.4, -0.2) is 29.9 Å². The van der Waals surface area contributed by atoms with Gasteiger partial charge in [-0.15, -0.1) is 0 Å². The van der Waals surface area contributed by atoms with E-state index in [1.165, 1.54) is 0 Å². The Hall–Kier alpha value is -1.84. The summed E-state index contributed by atoms with van der Waals surface area (Å²) in [7, 11) is 0. The van der Waals surface area contributed by atoms with Crippen LogP contribution >= 0.6 is 0 Å². The third kappa shape index (κ3) is 1.88. The van der Waals surface area contributed by atoms with Crippen LogP contribution in [0.2, 0.25) is 0 Å². The first-order valence-corrected chi connectivity index (χ1v) is 7.81. The number of benzene rings is 1. The molecule has 2 fully saturated rings. The first-order chi connectivity index (χ1) is 10.2. The highest BCUT2D eigenvalue weighted by Crippen LogP contribution is 2.43. The van der Waals surface area contributed by atoms with Crippen LogP contribution in [0.15, 0.2) is 24.3 Å². The zero-order valence-electron chi connectivity index (χ0n) is 12.0. The second kappa shape index (κ2) is 4.58. The second-order valence-corrected chi connectivity index (χ2v) is 6.42. The Bertz CT molecular complexity index is 608. The monoisotopic (exact) mass is 285 g/mol. The van der Waals surface area contributed by atoms with Gasteiger partial charge in [-0.1, -0.05) is 24.6 Å². The lowest BCUT2D eigenvalue weighted by Crippen LogP contribution is -2.51. The lowest BCUT2D eigenvalue weighted by Gasteiger charge is -2.42. The highest BCUT2D eigenvalue weighted by atomic mass is 16.6. The van der Waals surface area contributed by atoms with Crippen molar-refractivity contribution >= 4 is 11.9 Å². The van der Waals surface area contributed by atoms with Crippen LogP contribution in [-0.2, 0) is 15.1 Å². The van der Waals surface area contributed by atoms with Crippen molar-refractivity contribution in [2.45, 2.75) is 37.7 Å². The molecule has 1 spiro atoms. The van der Waals surface area contributed by atoms with E-state index >= 15 is 0 Å². The van der Waals surface area contributed by atoms with Gasteiger partial charge in [0, 0.05) is 18.0 Å². The molecule has 1 saturated carbocycles. The quantitative estimate of drug-likeness (QED) is 0.745. The standard InChI is InChI=1S/C17H19NO3/c19-15(12-5-3-6-12)18-10-4-9-17(11-18)14-8-2-1-7-13(14)16(20)21-17/h1-2,7-8,12H,3-6,9-11H2/t17-/m0/s1. The number of hydrogen-bond acceptors (Lipinski definition) is 3. The van der Waals surface area contributed by atoms with Crippen LogP contribution in [0.5, 0.6) is 0 Å². The largest absolute Gasteiger partial charge is 0.449 e. The van der Waals surface area contributed by atoms with Crippen molar-refractivity contribution < 1.29 is 14.3 Å². The zero-order valence-corrected chi connectivity index (χ0v) is 12.0. The summed E-state index contributed by atoms with van der Waals surface area (Å²) in [6.07, 6.45) is 4.88. The van der Waals surface area contributed by atoms with Gasteiger partial charge in [-0.05, 0) is 31.7 Å². The molecular formula is C17H19NO3. The van der Waals surface area contributed by atoms with E-state index in [2.05, 4.69) is 0 Å². The summed E-state index contributed by atoms with van der Waals surface area (Å²) in [6, 6.07) is 7.59. The summed E-state index contributed by atoms with van der Waals surface area (Å²) < 4.78 is 5.74. The van der Waals surface area contributed by atoms with Crippen molar-refractivity contribution in [1.82, 2.24) is 4.90 Å². The van der Waals surface area contributed by atoms with E-state index in [9.17, 15) is 9.59 Å². The molecule has 1 aromatic carbocycles. The van der Waals surface area contributed by atoms with Gasteiger partial charge in [0.1, 0.15) is 0 Å². The summed E-state index contributed by atoms with van der Waals surface area (Å²) in [5.74, 6) is 0.205. The molecule has 0 bridgehead atoms. The highest BCUT2D eigenvalue weighted by Gasteiger charge is 2.49. The summed E-state index contributed by atoms with van der Waals surface area (Å²) in [5, 5.41) is 0. The first kappa shape index (κ1) is 12.9. The molecule has 0 unspecified atom stereocenters. The number of likely N-dealkylation sites (tertiary alicyclic amines) is 1. The van der Waals surface area contributed by atoms with Gasteiger partial charge in [-0.3, -0.25) is 4.79 Å². The number of nitrogens with zero attached hydrogens (tertiary/aromatic N) is 1. The molecule has 4 rings (SSSR count). The molecule has 1 amide bonds. The molecule has 1 aromatic rings. The Kier molecular flexibility index (Phi) is 2.81. The van der Waals surface area contributed by atoms with Crippen molar-refractivity contribution in [3.8, 4) is 0 Å². The van der Waals surface area contributed by atoms with E-state index in [-0.39, 0.29) is 17.8 Å². The van der Waals surface area contributed by atoms with Crippen molar-refractivity contribution in [1.29, 1.82) is 0 Å². The van der Waals surface area contributed by atoms with Crippen LogP contribution in [0.3, 0.4) is 0 Å². The summed E-state index contributed by atoms with van der Waals surface area (Å²) in [5.41, 5.74) is 1.02. The number of rotatable bonds is 1. The normalized spacial score (nSPS) is 28.2. The topological polar surface area (TPSA) is 46.6 Å². The van der Waals surface area contributed by atoms with E-state index in [0.717, 1.165) is 44.2 Å². The van der Waals surface area contributed by atoms with Crippen LogP contribution < -0.4 is 0 Å². The summed E-state index contributed by atoms with van der Waals surface area (Å²) >= 11 is 0. The molecule has 21 heavy (non-hydrogen) atoms. The van der Waals surface area contributed by atoms with Gasteiger partial charge in [0.15, 0.2) is 5.60 Å². The van der Waals surface area contributed by atoms with Gasteiger partial charge in [-0.25, -0.2) is 4.79 Å². The molecule has 0 radical (unpaired) electrons. The third-order valence-electron chi connectivity index (χ3n) is 5.15. The smallest absolute Gasteiger partial charge is 0.339 e. The van der Waals surface area contributed by atoms with E-state index < -0.39 is 5.60 Å². The number of carbonyl (C=O) groups excluding carboxylic acids is 2. The maximum absolute atomic E-state index is 12.5. The van der Waals surface area contributed by atoms with E-state index in [1.807, 2.05) is 29.2 Å². The van der Waals surface area contributed by atoms with Gasteiger partial charge in [-0.2, -0.15) is 0 Å². The number of piperidine rings is 1. The Morgan fingerprint density at radius 3 is 2.81 bits per heavy atom. The molecule has 2 aliphatic heterocycles. The van der Waals surface area contributed by atoms with Gasteiger partial charge in [0.05, 0.1) is 12.1 Å². The van der Waals surface area contributed by atoms with Crippen molar-refractivity contribution in [2.75, 3.05) is 13.1 Å².